The highest BCUT2D eigenvalue weighted by molar-refractivity contribution is 9.10. The van der Waals surface area contributed by atoms with Crippen LogP contribution in [0, 0.1) is 6.92 Å². The molecule has 0 aliphatic carbocycles. The summed E-state index contributed by atoms with van der Waals surface area (Å²) in [6, 6.07) is 9.93. The first-order valence-corrected chi connectivity index (χ1v) is 8.16. The molecule has 0 saturated carbocycles. The molecule has 2 aromatic heterocycles. The van der Waals surface area contributed by atoms with Crippen LogP contribution in [0.3, 0.4) is 0 Å². The number of hydrogen-bond acceptors (Lipinski definition) is 3. The second-order valence-electron chi connectivity index (χ2n) is 4.46. The molecule has 0 atom stereocenters. The molecule has 102 valence electrons. The smallest absolute Gasteiger partial charge is 0.0948 e. The Bertz CT molecular complexity index is 750. The van der Waals surface area contributed by atoms with Crippen molar-refractivity contribution < 1.29 is 0 Å². The Morgan fingerprint density at radius 3 is 2.95 bits per heavy atom. The Morgan fingerprint density at radius 2 is 2.20 bits per heavy atom. The van der Waals surface area contributed by atoms with Gasteiger partial charge >= 0.3 is 0 Å². The highest BCUT2D eigenvalue weighted by Gasteiger charge is 2.07. The summed E-state index contributed by atoms with van der Waals surface area (Å²) in [7, 11) is 0. The standard InChI is InChI=1S/C15H12BrClN2S/c1-9-12(16)7-10(20-9)8-19-14-5-4-13(17)11-3-2-6-18-15(11)14/h2-7,19H,8H2,1H3. The number of nitrogens with zero attached hydrogens (tertiary/aromatic N) is 1. The SMILES string of the molecule is Cc1sc(CNc2ccc(Cl)c3cccnc23)cc1Br. The monoisotopic (exact) mass is 366 g/mol. The lowest BCUT2D eigenvalue weighted by Crippen LogP contribution is -1.99. The summed E-state index contributed by atoms with van der Waals surface area (Å²) >= 11 is 11.5. The minimum absolute atomic E-state index is 0.730. The number of halogens is 2. The van der Waals surface area contributed by atoms with Gasteiger partial charge in [0, 0.05) is 32.4 Å². The van der Waals surface area contributed by atoms with E-state index in [4.69, 9.17) is 11.6 Å². The Labute approximate surface area is 134 Å². The third-order valence-corrected chi connectivity index (χ3v) is 5.54. The zero-order chi connectivity index (χ0) is 14.1. The number of benzene rings is 1. The second-order valence-corrected chi connectivity index (χ2v) is 7.07. The summed E-state index contributed by atoms with van der Waals surface area (Å²) in [5, 5.41) is 5.14. The van der Waals surface area contributed by atoms with Gasteiger partial charge in [0.1, 0.15) is 0 Å². The number of nitrogens with one attached hydrogen (secondary N) is 1. The van der Waals surface area contributed by atoms with Crippen molar-refractivity contribution in [2.75, 3.05) is 5.32 Å². The van der Waals surface area contributed by atoms with Crippen LogP contribution >= 0.6 is 38.9 Å². The fourth-order valence-corrected chi connectivity index (χ4v) is 3.82. The lowest BCUT2D eigenvalue weighted by molar-refractivity contribution is 1.19. The van der Waals surface area contributed by atoms with Crippen molar-refractivity contribution in [3.05, 3.63) is 55.8 Å². The molecule has 0 amide bonds. The van der Waals surface area contributed by atoms with Gasteiger partial charge in [-0.25, -0.2) is 0 Å². The zero-order valence-electron chi connectivity index (χ0n) is 10.8. The average molecular weight is 368 g/mol. The molecule has 0 aliphatic heterocycles. The van der Waals surface area contributed by atoms with Crippen LogP contribution in [0.5, 0.6) is 0 Å². The van der Waals surface area contributed by atoms with Gasteiger partial charge in [-0.15, -0.1) is 11.3 Å². The van der Waals surface area contributed by atoms with Crippen molar-refractivity contribution in [3.8, 4) is 0 Å². The number of thiophene rings is 1. The first-order chi connectivity index (χ1) is 9.65. The topological polar surface area (TPSA) is 24.9 Å². The van der Waals surface area contributed by atoms with E-state index >= 15 is 0 Å². The van der Waals surface area contributed by atoms with Crippen LogP contribution in [-0.4, -0.2) is 4.98 Å². The van der Waals surface area contributed by atoms with E-state index in [-0.39, 0.29) is 0 Å². The van der Waals surface area contributed by atoms with Crippen molar-refractivity contribution in [1.29, 1.82) is 0 Å². The first-order valence-electron chi connectivity index (χ1n) is 6.17. The van der Waals surface area contributed by atoms with E-state index in [1.54, 1.807) is 17.5 Å². The summed E-state index contributed by atoms with van der Waals surface area (Å²) in [6.45, 7) is 2.89. The fourth-order valence-electron chi connectivity index (χ4n) is 2.07. The maximum absolute atomic E-state index is 6.20. The highest BCUT2D eigenvalue weighted by Crippen LogP contribution is 2.30. The van der Waals surface area contributed by atoms with E-state index in [0.29, 0.717) is 0 Å². The maximum atomic E-state index is 6.20. The van der Waals surface area contributed by atoms with Crippen LogP contribution in [0.1, 0.15) is 9.75 Å². The van der Waals surface area contributed by atoms with Crippen LogP contribution in [0.25, 0.3) is 10.9 Å². The molecule has 0 radical (unpaired) electrons. The number of anilines is 1. The van der Waals surface area contributed by atoms with Crippen LogP contribution in [0.2, 0.25) is 5.02 Å². The molecule has 1 aromatic carbocycles. The molecule has 0 bridgehead atoms. The third kappa shape index (κ3) is 2.68. The van der Waals surface area contributed by atoms with E-state index in [1.807, 2.05) is 24.3 Å². The lowest BCUT2D eigenvalue weighted by atomic mass is 10.2. The average Bonchev–Trinajstić information content (AvgIpc) is 2.77. The summed E-state index contributed by atoms with van der Waals surface area (Å²) in [4.78, 5) is 7.00. The van der Waals surface area contributed by atoms with Crippen LogP contribution < -0.4 is 5.32 Å². The van der Waals surface area contributed by atoms with Crippen LogP contribution in [0.4, 0.5) is 5.69 Å². The molecule has 1 N–H and O–H groups in total. The van der Waals surface area contributed by atoms with Gasteiger partial charge in [-0.3, -0.25) is 4.98 Å². The van der Waals surface area contributed by atoms with Gasteiger partial charge in [0.15, 0.2) is 0 Å². The van der Waals surface area contributed by atoms with Crippen molar-refractivity contribution in [3.63, 3.8) is 0 Å². The molecular weight excluding hydrogens is 356 g/mol. The summed E-state index contributed by atoms with van der Waals surface area (Å²) < 4.78 is 1.17. The van der Waals surface area contributed by atoms with E-state index in [2.05, 4.69) is 39.2 Å². The number of pyridine rings is 1. The van der Waals surface area contributed by atoms with Gasteiger partial charge in [-0.2, -0.15) is 0 Å². The molecule has 20 heavy (non-hydrogen) atoms. The fraction of sp³-hybridized carbons (Fsp3) is 0.133. The zero-order valence-corrected chi connectivity index (χ0v) is 13.9. The van der Waals surface area contributed by atoms with E-state index in [1.165, 1.54) is 14.2 Å². The number of fused-ring (bicyclic) bond motifs is 1. The predicted molar refractivity (Wildman–Crippen MR) is 90.8 cm³/mol. The molecule has 2 heterocycles. The molecule has 0 aliphatic rings. The number of aromatic nitrogens is 1. The molecule has 3 rings (SSSR count). The van der Waals surface area contributed by atoms with E-state index in [0.717, 1.165) is 28.2 Å². The van der Waals surface area contributed by atoms with Gasteiger partial charge in [0.25, 0.3) is 0 Å². The van der Waals surface area contributed by atoms with Gasteiger partial charge in [0.2, 0.25) is 0 Å². The number of rotatable bonds is 3. The lowest BCUT2D eigenvalue weighted by Gasteiger charge is -2.09. The van der Waals surface area contributed by atoms with Crippen LogP contribution in [0.15, 0.2) is 41.0 Å². The quantitative estimate of drug-likeness (QED) is 0.648. The Kier molecular flexibility index (Phi) is 3.96. The maximum Gasteiger partial charge on any atom is 0.0948 e. The number of aryl methyl sites for hydroxylation is 1. The molecule has 0 spiro atoms. The Morgan fingerprint density at radius 1 is 1.35 bits per heavy atom. The molecule has 0 saturated heterocycles. The van der Waals surface area contributed by atoms with Crippen molar-refractivity contribution in [2.45, 2.75) is 13.5 Å². The van der Waals surface area contributed by atoms with Crippen molar-refractivity contribution in [1.82, 2.24) is 4.98 Å². The Hall–Kier alpha value is -1.10. The summed E-state index contributed by atoms with van der Waals surface area (Å²) in [6.07, 6.45) is 1.79. The van der Waals surface area contributed by atoms with Crippen LogP contribution in [-0.2, 0) is 6.54 Å². The molecule has 0 fully saturated rings. The van der Waals surface area contributed by atoms with E-state index < -0.39 is 0 Å². The third-order valence-electron chi connectivity index (χ3n) is 3.08. The van der Waals surface area contributed by atoms with Gasteiger partial charge in [-0.05, 0) is 53.2 Å². The normalized spacial score (nSPS) is 10.9. The number of hydrogen-bond donors (Lipinski definition) is 1. The second kappa shape index (κ2) is 5.72. The molecule has 0 unspecified atom stereocenters. The predicted octanol–water partition coefficient (Wildman–Crippen LogP) is 5.63. The van der Waals surface area contributed by atoms with Gasteiger partial charge < -0.3 is 5.32 Å². The minimum Gasteiger partial charge on any atom is -0.378 e. The first kappa shape index (κ1) is 13.9. The largest absolute Gasteiger partial charge is 0.378 e. The minimum atomic E-state index is 0.730. The highest BCUT2D eigenvalue weighted by atomic mass is 79.9. The van der Waals surface area contributed by atoms with Crippen molar-refractivity contribution >= 4 is 55.5 Å². The molecule has 3 aromatic rings. The van der Waals surface area contributed by atoms with E-state index in [9.17, 15) is 0 Å². The Balaban J connectivity index is 1.89. The molecular formula is C15H12BrClN2S. The van der Waals surface area contributed by atoms with Gasteiger partial charge in [0.05, 0.1) is 16.2 Å². The molecule has 2 nitrogen and oxygen atoms in total. The molecule has 5 heteroatoms. The van der Waals surface area contributed by atoms with Crippen molar-refractivity contribution in [2.24, 2.45) is 0 Å². The van der Waals surface area contributed by atoms with Gasteiger partial charge in [-0.1, -0.05) is 11.6 Å². The summed E-state index contributed by atoms with van der Waals surface area (Å²) in [5.74, 6) is 0. The summed E-state index contributed by atoms with van der Waals surface area (Å²) in [5.41, 5.74) is 1.92.